The van der Waals surface area contributed by atoms with Gasteiger partial charge in [0.2, 0.25) is 5.91 Å². The number of hydrogen-bond acceptors (Lipinski definition) is 4. The lowest BCUT2D eigenvalue weighted by Crippen LogP contribution is -2.46. The average molecular weight is 350 g/mol. The Morgan fingerprint density at radius 1 is 1.28 bits per heavy atom. The van der Waals surface area contributed by atoms with Crippen LogP contribution in [0, 0.1) is 0 Å². The van der Waals surface area contributed by atoms with Gasteiger partial charge in [0.05, 0.1) is 19.6 Å². The van der Waals surface area contributed by atoms with Crippen molar-refractivity contribution in [2.24, 2.45) is 0 Å². The number of amides is 1. The third kappa shape index (κ3) is 3.59. The zero-order valence-corrected chi connectivity index (χ0v) is 14.9. The SMILES string of the molecule is COc1ccc(C2(C(=O)NC[C@@H]3C[C@H](F)CN3)CCCC2)cc1OC. The van der Waals surface area contributed by atoms with Gasteiger partial charge in [0.15, 0.2) is 11.5 Å². The number of benzene rings is 1. The van der Waals surface area contributed by atoms with Crippen molar-refractivity contribution < 1.29 is 18.7 Å². The Bertz CT molecular complexity index is 617. The van der Waals surface area contributed by atoms with E-state index in [4.69, 9.17) is 9.47 Å². The minimum absolute atomic E-state index is 0.0165. The lowest BCUT2D eigenvalue weighted by atomic mass is 9.77. The molecule has 6 heteroatoms. The van der Waals surface area contributed by atoms with Gasteiger partial charge >= 0.3 is 0 Å². The lowest BCUT2D eigenvalue weighted by Gasteiger charge is -2.29. The van der Waals surface area contributed by atoms with Crippen molar-refractivity contribution in [3.8, 4) is 11.5 Å². The number of hydrogen-bond donors (Lipinski definition) is 2. The largest absolute Gasteiger partial charge is 0.493 e. The highest BCUT2D eigenvalue weighted by atomic mass is 19.1. The Morgan fingerprint density at radius 3 is 2.60 bits per heavy atom. The third-order valence-corrected chi connectivity index (χ3v) is 5.51. The number of alkyl halides is 1. The fourth-order valence-corrected chi connectivity index (χ4v) is 4.07. The fourth-order valence-electron chi connectivity index (χ4n) is 4.07. The number of methoxy groups -OCH3 is 2. The van der Waals surface area contributed by atoms with Crippen molar-refractivity contribution in [3.05, 3.63) is 23.8 Å². The molecule has 2 N–H and O–H groups in total. The second-order valence-corrected chi connectivity index (χ2v) is 7.01. The van der Waals surface area contributed by atoms with E-state index in [-0.39, 0.29) is 11.9 Å². The standard InChI is InChI=1S/C19H27FN2O3/c1-24-16-6-5-13(9-17(16)25-2)19(7-3-4-8-19)18(23)22-12-15-10-14(20)11-21-15/h5-6,9,14-15,21H,3-4,7-8,10-12H2,1-2H3,(H,22,23)/t14-,15-/m0/s1. The lowest BCUT2D eigenvalue weighted by molar-refractivity contribution is -0.126. The normalized spacial score (nSPS) is 24.9. The Kier molecular flexibility index (Phi) is 5.47. The average Bonchev–Trinajstić information content (AvgIpc) is 3.29. The van der Waals surface area contributed by atoms with Crippen LogP contribution in [0.5, 0.6) is 11.5 Å². The summed E-state index contributed by atoms with van der Waals surface area (Å²) in [5.74, 6) is 1.32. The van der Waals surface area contributed by atoms with Crippen molar-refractivity contribution in [2.75, 3.05) is 27.3 Å². The van der Waals surface area contributed by atoms with Gasteiger partial charge < -0.3 is 20.1 Å². The molecule has 0 spiro atoms. The summed E-state index contributed by atoms with van der Waals surface area (Å²) in [5.41, 5.74) is 0.427. The second kappa shape index (κ2) is 7.60. The first-order chi connectivity index (χ1) is 12.1. The van der Waals surface area contributed by atoms with Crippen LogP contribution in [0.4, 0.5) is 4.39 Å². The molecule has 138 valence electrons. The summed E-state index contributed by atoms with van der Waals surface area (Å²) in [5, 5.41) is 6.16. The smallest absolute Gasteiger partial charge is 0.230 e. The van der Waals surface area contributed by atoms with Crippen molar-refractivity contribution in [1.29, 1.82) is 0 Å². The van der Waals surface area contributed by atoms with Crippen LogP contribution in [0.15, 0.2) is 18.2 Å². The van der Waals surface area contributed by atoms with Crippen molar-refractivity contribution in [2.45, 2.75) is 49.7 Å². The number of halogens is 1. The topological polar surface area (TPSA) is 59.6 Å². The van der Waals surface area contributed by atoms with Crippen LogP contribution in [0.1, 0.15) is 37.7 Å². The maximum atomic E-state index is 13.3. The quantitative estimate of drug-likeness (QED) is 0.827. The van der Waals surface area contributed by atoms with Gasteiger partial charge in [0, 0.05) is 19.1 Å². The van der Waals surface area contributed by atoms with E-state index in [0.717, 1.165) is 31.2 Å². The Balaban J connectivity index is 1.77. The van der Waals surface area contributed by atoms with Crippen LogP contribution in [0.3, 0.4) is 0 Å². The molecule has 0 unspecified atom stereocenters. The number of carbonyl (C=O) groups excluding carboxylic acids is 1. The van der Waals surface area contributed by atoms with Crippen LogP contribution in [0.25, 0.3) is 0 Å². The summed E-state index contributed by atoms with van der Waals surface area (Å²) in [6.07, 6.45) is 3.33. The van der Waals surface area contributed by atoms with E-state index in [1.807, 2.05) is 18.2 Å². The van der Waals surface area contributed by atoms with Gasteiger partial charge in [-0.2, -0.15) is 0 Å². The molecule has 1 amide bonds. The van der Waals surface area contributed by atoms with E-state index in [1.54, 1.807) is 14.2 Å². The molecule has 0 bridgehead atoms. The molecule has 2 aliphatic rings. The zero-order valence-electron chi connectivity index (χ0n) is 14.9. The minimum atomic E-state index is -0.812. The summed E-state index contributed by atoms with van der Waals surface area (Å²) in [7, 11) is 3.20. The number of ether oxygens (including phenoxy) is 2. The molecule has 25 heavy (non-hydrogen) atoms. The third-order valence-electron chi connectivity index (χ3n) is 5.51. The first-order valence-electron chi connectivity index (χ1n) is 8.97. The summed E-state index contributed by atoms with van der Waals surface area (Å²) in [6, 6.07) is 5.74. The number of carbonyl (C=O) groups is 1. The van der Waals surface area contributed by atoms with Gasteiger partial charge in [-0.25, -0.2) is 4.39 Å². The number of rotatable bonds is 6. The Hall–Kier alpha value is -1.82. The second-order valence-electron chi connectivity index (χ2n) is 7.01. The molecule has 1 aromatic rings. The van der Waals surface area contributed by atoms with Crippen molar-refractivity contribution in [1.82, 2.24) is 10.6 Å². The Labute approximate surface area is 148 Å². The predicted molar refractivity (Wildman–Crippen MR) is 94.0 cm³/mol. The monoisotopic (exact) mass is 350 g/mol. The molecule has 1 heterocycles. The van der Waals surface area contributed by atoms with Gasteiger partial charge in [-0.3, -0.25) is 4.79 Å². The van der Waals surface area contributed by atoms with Crippen LogP contribution in [-0.4, -0.2) is 45.4 Å². The van der Waals surface area contributed by atoms with E-state index >= 15 is 0 Å². The van der Waals surface area contributed by atoms with E-state index in [0.29, 0.717) is 31.0 Å². The minimum Gasteiger partial charge on any atom is -0.493 e. The highest BCUT2D eigenvalue weighted by Crippen LogP contribution is 2.43. The summed E-state index contributed by atoms with van der Waals surface area (Å²) < 4.78 is 24.0. The number of nitrogens with one attached hydrogen (secondary N) is 2. The molecule has 2 atom stereocenters. The highest BCUT2D eigenvalue weighted by molar-refractivity contribution is 5.88. The molecule has 5 nitrogen and oxygen atoms in total. The van der Waals surface area contributed by atoms with E-state index < -0.39 is 11.6 Å². The van der Waals surface area contributed by atoms with Crippen LogP contribution < -0.4 is 20.1 Å². The molecule has 1 aliphatic carbocycles. The summed E-state index contributed by atoms with van der Waals surface area (Å²) in [6.45, 7) is 0.843. The molecule has 1 saturated heterocycles. The molecule has 0 aromatic heterocycles. The molecular formula is C19H27FN2O3. The van der Waals surface area contributed by atoms with Gasteiger partial charge in [-0.15, -0.1) is 0 Å². The maximum absolute atomic E-state index is 13.3. The van der Waals surface area contributed by atoms with Gasteiger partial charge in [0.1, 0.15) is 6.17 Å². The summed E-state index contributed by atoms with van der Waals surface area (Å²) in [4.78, 5) is 13.1. The van der Waals surface area contributed by atoms with Gasteiger partial charge in [-0.05, 0) is 37.0 Å². The molecule has 1 aromatic carbocycles. The van der Waals surface area contributed by atoms with Crippen LogP contribution >= 0.6 is 0 Å². The van der Waals surface area contributed by atoms with E-state index in [9.17, 15) is 9.18 Å². The molecule has 1 aliphatic heterocycles. The molecular weight excluding hydrogens is 323 g/mol. The highest BCUT2D eigenvalue weighted by Gasteiger charge is 2.43. The first-order valence-corrected chi connectivity index (χ1v) is 8.97. The van der Waals surface area contributed by atoms with Crippen LogP contribution in [0.2, 0.25) is 0 Å². The Morgan fingerprint density at radius 2 is 2.00 bits per heavy atom. The molecule has 1 saturated carbocycles. The molecule has 3 rings (SSSR count). The fraction of sp³-hybridized carbons (Fsp3) is 0.632. The predicted octanol–water partition coefficient (Wildman–Crippen LogP) is 2.33. The first kappa shape index (κ1) is 18.0. The van der Waals surface area contributed by atoms with E-state index in [2.05, 4.69) is 10.6 Å². The van der Waals surface area contributed by atoms with Crippen molar-refractivity contribution in [3.63, 3.8) is 0 Å². The maximum Gasteiger partial charge on any atom is 0.230 e. The van der Waals surface area contributed by atoms with E-state index in [1.165, 1.54) is 0 Å². The van der Waals surface area contributed by atoms with Crippen LogP contribution in [-0.2, 0) is 10.2 Å². The van der Waals surface area contributed by atoms with Gasteiger partial charge in [0.25, 0.3) is 0 Å². The zero-order chi connectivity index (χ0) is 17.9. The molecule has 0 radical (unpaired) electrons. The summed E-state index contributed by atoms with van der Waals surface area (Å²) >= 11 is 0. The van der Waals surface area contributed by atoms with Gasteiger partial charge in [-0.1, -0.05) is 18.9 Å². The molecule has 2 fully saturated rings. The van der Waals surface area contributed by atoms with Crippen molar-refractivity contribution >= 4 is 5.91 Å².